The number of benzene rings is 1. The van der Waals surface area contributed by atoms with E-state index in [1.165, 1.54) is 12.3 Å². The van der Waals surface area contributed by atoms with E-state index in [2.05, 4.69) is 10.3 Å². The van der Waals surface area contributed by atoms with Crippen LogP contribution in [0.4, 0.5) is 20.3 Å². The maximum Gasteiger partial charge on any atom is 0.376 e. The van der Waals surface area contributed by atoms with E-state index < -0.39 is 33.8 Å². The molecule has 2 heterocycles. The number of rotatable bonds is 5. The van der Waals surface area contributed by atoms with Crippen LogP contribution in [0.3, 0.4) is 0 Å². The van der Waals surface area contributed by atoms with Crippen molar-refractivity contribution in [1.29, 1.82) is 0 Å². The average Bonchev–Trinajstić information content (AvgIpc) is 2.61. The van der Waals surface area contributed by atoms with Gasteiger partial charge in [0.2, 0.25) is 5.82 Å². The Morgan fingerprint density at radius 2 is 2.08 bits per heavy atom. The Morgan fingerprint density at radius 1 is 1.31 bits per heavy atom. The zero-order chi connectivity index (χ0) is 18.8. The van der Waals surface area contributed by atoms with Crippen molar-refractivity contribution < 1.29 is 13.7 Å². The third-order valence-electron chi connectivity index (χ3n) is 3.95. The van der Waals surface area contributed by atoms with Crippen molar-refractivity contribution in [2.45, 2.75) is 19.4 Å². The fraction of sp³-hybridized carbons (Fsp3) is 0.176. The quantitative estimate of drug-likeness (QED) is 0.556. The Kier molecular flexibility index (Phi) is 4.61. The summed E-state index contributed by atoms with van der Waals surface area (Å²) in [6.07, 6.45) is 1.65. The first-order valence-corrected chi connectivity index (χ1v) is 7.79. The van der Waals surface area contributed by atoms with Gasteiger partial charge in [-0.1, -0.05) is 13.0 Å². The van der Waals surface area contributed by atoms with Crippen LogP contribution in [0.1, 0.15) is 24.9 Å². The second kappa shape index (κ2) is 6.87. The van der Waals surface area contributed by atoms with Gasteiger partial charge in [-0.3, -0.25) is 19.3 Å². The topological polar surface area (TPSA) is 89.5 Å². The minimum absolute atomic E-state index is 0.00291. The number of nitrogens with one attached hydrogen (secondary N) is 1. The highest BCUT2D eigenvalue weighted by molar-refractivity contribution is 5.60. The van der Waals surface area contributed by atoms with Gasteiger partial charge >= 0.3 is 11.2 Å². The lowest BCUT2D eigenvalue weighted by Gasteiger charge is -2.19. The van der Waals surface area contributed by atoms with Crippen LogP contribution in [-0.4, -0.2) is 14.3 Å². The van der Waals surface area contributed by atoms with Crippen molar-refractivity contribution in [2.24, 2.45) is 0 Å². The van der Waals surface area contributed by atoms with E-state index in [0.717, 1.165) is 22.6 Å². The predicted molar refractivity (Wildman–Crippen MR) is 91.1 cm³/mol. The van der Waals surface area contributed by atoms with E-state index in [0.29, 0.717) is 0 Å². The minimum Gasteiger partial charge on any atom is -0.357 e. The summed E-state index contributed by atoms with van der Waals surface area (Å²) < 4.78 is 28.6. The Hall–Kier alpha value is -3.36. The lowest BCUT2D eigenvalue weighted by atomic mass is 10.0. The SMILES string of the molecule is CCC(Nc1nc2ccccn2c(=O)c1[N+](=O)[O-])c1cc(F)ccc1F. The lowest BCUT2D eigenvalue weighted by Crippen LogP contribution is -2.23. The molecule has 2 aromatic heterocycles. The zero-order valence-electron chi connectivity index (χ0n) is 13.6. The van der Waals surface area contributed by atoms with Crippen molar-refractivity contribution in [3.63, 3.8) is 0 Å². The third kappa shape index (κ3) is 3.10. The Bertz CT molecular complexity index is 1050. The van der Waals surface area contributed by atoms with E-state index in [1.54, 1.807) is 19.1 Å². The van der Waals surface area contributed by atoms with Crippen molar-refractivity contribution in [1.82, 2.24) is 9.38 Å². The number of hydrogen-bond donors (Lipinski definition) is 1. The summed E-state index contributed by atoms with van der Waals surface area (Å²) in [4.78, 5) is 27.1. The number of aromatic nitrogens is 2. The van der Waals surface area contributed by atoms with Crippen molar-refractivity contribution >= 4 is 17.2 Å². The summed E-state index contributed by atoms with van der Waals surface area (Å²) >= 11 is 0. The van der Waals surface area contributed by atoms with Crippen LogP contribution in [0.15, 0.2) is 47.4 Å². The molecule has 1 atom stereocenters. The first-order valence-electron chi connectivity index (χ1n) is 7.79. The molecule has 0 saturated heterocycles. The number of halogens is 2. The van der Waals surface area contributed by atoms with Gasteiger partial charge in [-0.2, -0.15) is 0 Å². The average molecular weight is 360 g/mol. The molecule has 134 valence electrons. The van der Waals surface area contributed by atoms with Gasteiger partial charge in [-0.05, 0) is 36.8 Å². The molecule has 3 rings (SSSR count). The summed E-state index contributed by atoms with van der Waals surface area (Å²) in [7, 11) is 0. The predicted octanol–water partition coefficient (Wildman–Crippen LogP) is 3.44. The van der Waals surface area contributed by atoms with Crippen LogP contribution >= 0.6 is 0 Å². The second-order valence-electron chi connectivity index (χ2n) is 5.57. The van der Waals surface area contributed by atoms with Crippen molar-refractivity contribution in [2.75, 3.05) is 5.32 Å². The first kappa shape index (κ1) is 17.5. The molecule has 0 amide bonds. The van der Waals surface area contributed by atoms with Gasteiger partial charge < -0.3 is 5.32 Å². The summed E-state index contributed by atoms with van der Waals surface area (Å²) in [6, 6.07) is 6.85. The van der Waals surface area contributed by atoms with Gasteiger partial charge in [-0.15, -0.1) is 0 Å². The number of anilines is 1. The van der Waals surface area contributed by atoms with Gasteiger partial charge in [0.25, 0.3) is 0 Å². The zero-order valence-corrected chi connectivity index (χ0v) is 13.6. The molecule has 0 aliphatic carbocycles. The molecule has 9 heteroatoms. The third-order valence-corrected chi connectivity index (χ3v) is 3.95. The molecule has 0 saturated carbocycles. The minimum atomic E-state index is -0.863. The van der Waals surface area contributed by atoms with Crippen LogP contribution in [0.5, 0.6) is 0 Å². The largest absolute Gasteiger partial charge is 0.376 e. The lowest BCUT2D eigenvalue weighted by molar-refractivity contribution is -0.385. The molecule has 1 N–H and O–H groups in total. The molecule has 0 fully saturated rings. The number of fused-ring (bicyclic) bond motifs is 1. The van der Waals surface area contributed by atoms with E-state index in [9.17, 15) is 23.7 Å². The normalized spacial score (nSPS) is 12.1. The van der Waals surface area contributed by atoms with Gasteiger partial charge in [0, 0.05) is 11.8 Å². The van der Waals surface area contributed by atoms with Crippen LogP contribution in [-0.2, 0) is 0 Å². The van der Waals surface area contributed by atoms with Crippen molar-refractivity contribution in [3.05, 3.63) is 80.3 Å². The van der Waals surface area contributed by atoms with Crippen LogP contribution in [0.25, 0.3) is 5.65 Å². The van der Waals surface area contributed by atoms with E-state index in [4.69, 9.17) is 0 Å². The van der Waals surface area contributed by atoms with E-state index >= 15 is 0 Å². The van der Waals surface area contributed by atoms with Gasteiger partial charge in [0.15, 0.2) is 0 Å². The molecular formula is C17H14F2N4O3. The summed E-state index contributed by atoms with van der Waals surface area (Å²) in [5.41, 5.74) is -1.43. The molecule has 3 aromatic rings. The maximum absolute atomic E-state index is 14.1. The summed E-state index contributed by atoms with van der Waals surface area (Å²) in [5, 5.41) is 14.1. The highest BCUT2D eigenvalue weighted by atomic mass is 19.1. The van der Waals surface area contributed by atoms with Crippen LogP contribution in [0, 0.1) is 21.7 Å². The monoisotopic (exact) mass is 360 g/mol. The summed E-state index contributed by atoms with van der Waals surface area (Å²) in [6.45, 7) is 1.70. The van der Waals surface area contributed by atoms with Crippen LogP contribution in [0.2, 0.25) is 0 Å². The molecule has 0 aliphatic heterocycles. The molecule has 0 aliphatic rings. The first-order chi connectivity index (χ1) is 12.4. The molecule has 1 aromatic carbocycles. The fourth-order valence-electron chi connectivity index (χ4n) is 2.69. The molecule has 0 bridgehead atoms. The number of hydrogen-bond acceptors (Lipinski definition) is 5. The fourth-order valence-corrected chi connectivity index (χ4v) is 2.69. The molecule has 0 radical (unpaired) electrons. The molecule has 1 unspecified atom stereocenters. The maximum atomic E-state index is 14.1. The molecule has 7 nitrogen and oxygen atoms in total. The number of nitrogens with zero attached hydrogens (tertiary/aromatic N) is 3. The van der Waals surface area contributed by atoms with Gasteiger partial charge in [0.05, 0.1) is 11.0 Å². The number of nitro groups is 1. The number of pyridine rings is 1. The molecular weight excluding hydrogens is 346 g/mol. The Labute approximate surface area is 146 Å². The molecule has 26 heavy (non-hydrogen) atoms. The highest BCUT2D eigenvalue weighted by Crippen LogP contribution is 2.28. The second-order valence-corrected chi connectivity index (χ2v) is 5.57. The van der Waals surface area contributed by atoms with E-state index in [1.807, 2.05) is 0 Å². The molecule has 0 spiro atoms. The Balaban J connectivity index is 2.15. The smallest absolute Gasteiger partial charge is 0.357 e. The standard InChI is InChI=1S/C17H14F2N4O3/c1-2-13(11-9-10(18)6-7-12(11)19)20-16-15(23(25)26)17(24)22-8-4-3-5-14(22)21-16/h3-9,13,20H,2H2,1H3. The van der Waals surface area contributed by atoms with Crippen molar-refractivity contribution in [3.8, 4) is 0 Å². The van der Waals surface area contributed by atoms with Crippen LogP contribution < -0.4 is 10.9 Å². The van der Waals surface area contributed by atoms with Gasteiger partial charge in [0.1, 0.15) is 17.3 Å². The highest BCUT2D eigenvalue weighted by Gasteiger charge is 2.26. The Morgan fingerprint density at radius 3 is 2.77 bits per heavy atom. The van der Waals surface area contributed by atoms with E-state index in [-0.39, 0.29) is 23.4 Å². The van der Waals surface area contributed by atoms with Gasteiger partial charge in [-0.25, -0.2) is 13.8 Å². The summed E-state index contributed by atoms with van der Waals surface area (Å²) in [5.74, 6) is -1.59.